The highest BCUT2D eigenvalue weighted by atomic mass is 32.2. The monoisotopic (exact) mass is 349 g/mol. The minimum absolute atomic E-state index is 0.224. The van der Waals surface area contributed by atoms with Gasteiger partial charge in [-0.2, -0.15) is 4.31 Å². The highest BCUT2D eigenvalue weighted by molar-refractivity contribution is 7.89. The number of carbonyl (C=O) groups excluding carboxylic acids is 1. The lowest BCUT2D eigenvalue weighted by Gasteiger charge is -2.24. The van der Waals surface area contributed by atoms with Crippen molar-refractivity contribution in [1.82, 2.24) is 4.31 Å². The molecule has 0 amide bonds. The average molecular weight is 349 g/mol. The molecular weight excluding hydrogens is 326 g/mol. The normalized spacial score (nSPS) is 24.8. The number of ether oxygens (including phenoxy) is 1. The summed E-state index contributed by atoms with van der Waals surface area (Å²) in [7, 11) is -3.65. The Labute approximate surface area is 143 Å². The molecule has 1 aliphatic carbocycles. The Balaban J connectivity index is 1.66. The molecule has 130 valence electrons. The number of rotatable bonds is 5. The Morgan fingerprint density at radius 2 is 1.96 bits per heavy atom. The number of hydrogen-bond acceptors (Lipinski definition) is 4. The summed E-state index contributed by atoms with van der Waals surface area (Å²) < 4.78 is 32.3. The molecule has 1 aliphatic heterocycles. The van der Waals surface area contributed by atoms with Gasteiger partial charge < -0.3 is 4.74 Å². The first-order valence-electron chi connectivity index (χ1n) is 8.47. The average Bonchev–Trinajstić information content (AvgIpc) is 3.12. The Morgan fingerprint density at radius 1 is 1.17 bits per heavy atom. The summed E-state index contributed by atoms with van der Waals surface area (Å²) in [6.45, 7) is 0.738. The van der Waals surface area contributed by atoms with Crippen LogP contribution in [0.1, 0.15) is 32.1 Å². The van der Waals surface area contributed by atoms with Crippen LogP contribution in [0, 0.1) is 5.92 Å². The van der Waals surface area contributed by atoms with E-state index in [0.29, 0.717) is 31.9 Å². The van der Waals surface area contributed by atoms with E-state index in [1.807, 2.05) is 0 Å². The lowest BCUT2D eigenvalue weighted by atomic mass is 9.95. The summed E-state index contributed by atoms with van der Waals surface area (Å²) in [5, 5.41) is 0. The summed E-state index contributed by atoms with van der Waals surface area (Å²) in [6.07, 6.45) is 8.41. The molecular formula is C18H23NO4S. The third kappa shape index (κ3) is 3.70. The maximum absolute atomic E-state index is 12.8. The largest absolute Gasteiger partial charge is 0.464 e. The van der Waals surface area contributed by atoms with Crippen LogP contribution < -0.4 is 0 Å². The zero-order valence-corrected chi connectivity index (χ0v) is 14.5. The van der Waals surface area contributed by atoms with E-state index in [1.54, 1.807) is 30.3 Å². The molecule has 24 heavy (non-hydrogen) atoms. The van der Waals surface area contributed by atoms with Crippen LogP contribution in [0.2, 0.25) is 0 Å². The Bertz CT molecular complexity index is 699. The van der Waals surface area contributed by atoms with Crippen LogP contribution in [-0.2, 0) is 19.6 Å². The molecule has 1 saturated heterocycles. The maximum Gasteiger partial charge on any atom is 0.324 e. The molecule has 0 spiro atoms. The summed E-state index contributed by atoms with van der Waals surface area (Å²) in [6, 6.07) is 7.57. The lowest BCUT2D eigenvalue weighted by Crippen LogP contribution is -2.41. The molecule has 1 heterocycles. The molecule has 2 atom stereocenters. The number of carbonyl (C=O) groups is 1. The first-order chi connectivity index (χ1) is 11.6. The van der Waals surface area contributed by atoms with E-state index in [9.17, 15) is 13.2 Å². The van der Waals surface area contributed by atoms with Gasteiger partial charge in [0.25, 0.3) is 0 Å². The second kappa shape index (κ2) is 7.49. The molecule has 2 aliphatic rings. The SMILES string of the molecule is O=C(OCC1CC=CCC1)C1CCCN1S(=O)(=O)c1ccccc1. The van der Waals surface area contributed by atoms with Gasteiger partial charge in [0.1, 0.15) is 6.04 Å². The van der Waals surface area contributed by atoms with Gasteiger partial charge in [-0.25, -0.2) is 8.42 Å². The lowest BCUT2D eigenvalue weighted by molar-refractivity contribution is -0.148. The van der Waals surface area contributed by atoms with Crippen molar-refractivity contribution in [3.8, 4) is 0 Å². The fourth-order valence-corrected chi connectivity index (χ4v) is 4.96. The standard InChI is InChI=1S/C18H23NO4S/c20-18(23-14-15-8-3-1-4-9-15)17-12-7-13-19(17)24(21,22)16-10-5-2-6-11-16/h1-3,5-6,10-11,15,17H,4,7-9,12-14H2. The molecule has 0 aromatic heterocycles. The first kappa shape index (κ1) is 17.2. The number of nitrogens with zero attached hydrogens (tertiary/aromatic N) is 1. The summed E-state index contributed by atoms with van der Waals surface area (Å²) in [5.74, 6) is -0.0684. The molecule has 6 heteroatoms. The number of hydrogen-bond donors (Lipinski definition) is 0. The van der Waals surface area contributed by atoms with E-state index >= 15 is 0 Å². The van der Waals surface area contributed by atoms with Crippen molar-refractivity contribution < 1.29 is 17.9 Å². The summed E-state index contributed by atoms with van der Waals surface area (Å²) >= 11 is 0. The van der Waals surface area contributed by atoms with Gasteiger partial charge in [0, 0.05) is 6.54 Å². The van der Waals surface area contributed by atoms with Gasteiger partial charge in [-0.3, -0.25) is 4.79 Å². The van der Waals surface area contributed by atoms with Crippen LogP contribution in [-0.4, -0.2) is 37.9 Å². The number of allylic oxidation sites excluding steroid dienone is 2. The van der Waals surface area contributed by atoms with Crippen molar-refractivity contribution in [2.24, 2.45) is 5.92 Å². The van der Waals surface area contributed by atoms with Gasteiger partial charge in [-0.15, -0.1) is 0 Å². The molecule has 5 nitrogen and oxygen atoms in total. The fourth-order valence-electron chi connectivity index (χ4n) is 3.30. The van der Waals surface area contributed by atoms with E-state index in [-0.39, 0.29) is 4.90 Å². The second-order valence-corrected chi connectivity index (χ2v) is 8.26. The van der Waals surface area contributed by atoms with Crippen molar-refractivity contribution in [3.63, 3.8) is 0 Å². The fraction of sp³-hybridized carbons (Fsp3) is 0.500. The van der Waals surface area contributed by atoms with Gasteiger partial charge in [0.2, 0.25) is 10.0 Å². The number of esters is 1. The Morgan fingerprint density at radius 3 is 2.67 bits per heavy atom. The van der Waals surface area contributed by atoms with E-state index < -0.39 is 22.0 Å². The van der Waals surface area contributed by atoms with Crippen LogP contribution in [0.4, 0.5) is 0 Å². The van der Waals surface area contributed by atoms with E-state index in [4.69, 9.17) is 4.74 Å². The molecule has 1 aromatic rings. The third-order valence-corrected chi connectivity index (χ3v) is 6.59. The van der Waals surface area contributed by atoms with Gasteiger partial charge in [-0.05, 0) is 50.2 Å². The molecule has 2 unspecified atom stereocenters. The Hall–Kier alpha value is -1.66. The van der Waals surface area contributed by atoms with Gasteiger partial charge in [0.15, 0.2) is 0 Å². The van der Waals surface area contributed by atoms with Crippen LogP contribution in [0.5, 0.6) is 0 Å². The zero-order valence-electron chi connectivity index (χ0n) is 13.6. The zero-order chi connectivity index (χ0) is 17.0. The maximum atomic E-state index is 12.8. The first-order valence-corrected chi connectivity index (χ1v) is 9.91. The molecule has 0 N–H and O–H groups in total. The summed E-state index contributed by atoms with van der Waals surface area (Å²) in [5.41, 5.74) is 0. The molecule has 1 aromatic carbocycles. The topological polar surface area (TPSA) is 63.7 Å². The van der Waals surface area contributed by atoms with Gasteiger partial charge >= 0.3 is 5.97 Å². The van der Waals surface area contributed by atoms with Gasteiger partial charge in [-0.1, -0.05) is 30.4 Å². The van der Waals surface area contributed by atoms with E-state index in [0.717, 1.165) is 19.3 Å². The minimum atomic E-state index is -3.65. The predicted octanol–water partition coefficient (Wildman–Crippen LogP) is 2.74. The van der Waals surface area contributed by atoms with E-state index in [1.165, 1.54) is 4.31 Å². The van der Waals surface area contributed by atoms with Gasteiger partial charge in [0.05, 0.1) is 11.5 Å². The Kier molecular flexibility index (Phi) is 5.36. The van der Waals surface area contributed by atoms with Crippen molar-refractivity contribution in [2.45, 2.75) is 43.0 Å². The quantitative estimate of drug-likeness (QED) is 0.606. The highest BCUT2D eigenvalue weighted by Gasteiger charge is 2.40. The van der Waals surface area contributed by atoms with E-state index in [2.05, 4.69) is 12.2 Å². The van der Waals surface area contributed by atoms with Crippen LogP contribution >= 0.6 is 0 Å². The summed E-state index contributed by atoms with van der Waals surface area (Å²) in [4.78, 5) is 12.7. The van der Waals surface area contributed by atoms with Crippen molar-refractivity contribution in [1.29, 1.82) is 0 Å². The van der Waals surface area contributed by atoms with Crippen molar-refractivity contribution >= 4 is 16.0 Å². The van der Waals surface area contributed by atoms with Crippen LogP contribution in [0.15, 0.2) is 47.4 Å². The number of benzene rings is 1. The molecule has 0 bridgehead atoms. The molecule has 3 rings (SSSR count). The molecule has 1 fully saturated rings. The van der Waals surface area contributed by atoms with Crippen LogP contribution in [0.25, 0.3) is 0 Å². The molecule has 0 saturated carbocycles. The number of sulfonamides is 1. The highest BCUT2D eigenvalue weighted by Crippen LogP contribution is 2.27. The third-order valence-electron chi connectivity index (χ3n) is 4.66. The predicted molar refractivity (Wildman–Crippen MR) is 90.8 cm³/mol. The minimum Gasteiger partial charge on any atom is -0.464 e. The molecule has 0 radical (unpaired) electrons. The van der Waals surface area contributed by atoms with Crippen molar-refractivity contribution in [2.75, 3.05) is 13.2 Å². The smallest absolute Gasteiger partial charge is 0.324 e. The van der Waals surface area contributed by atoms with Crippen LogP contribution in [0.3, 0.4) is 0 Å². The van der Waals surface area contributed by atoms with Crippen molar-refractivity contribution in [3.05, 3.63) is 42.5 Å². The second-order valence-electron chi connectivity index (χ2n) is 6.37.